The normalized spacial score (nSPS) is 19.3. The number of carbonyl (C=O) groups is 1. The molecule has 13 heteroatoms. The van der Waals surface area contributed by atoms with Crippen LogP contribution in [0.2, 0.25) is 0 Å². The molecule has 2 aliphatic rings. The first-order valence-corrected chi connectivity index (χ1v) is 12.1. The second-order valence-electron chi connectivity index (χ2n) is 8.85. The number of carbonyl (C=O) groups excluding carboxylic acids is 1. The highest BCUT2D eigenvalue weighted by molar-refractivity contribution is 5.80. The number of benzene rings is 1. The number of aromatic nitrogens is 4. The Morgan fingerprint density at radius 3 is 3.03 bits per heavy atom. The highest BCUT2D eigenvalue weighted by Crippen LogP contribution is 2.30. The van der Waals surface area contributed by atoms with Gasteiger partial charge in [-0.15, -0.1) is 0 Å². The summed E-state index contributed by atoms with van der Waals surface area (Å²) in [5.74, 6) is 1.59. The maximum Gasteiger partial charge on any atom is 0.251 e. The van der Waals surface area contributed by atoms with E-state index in [1.165, 1.54) is 18.2 Å². The van der Waals surface area contributed by atoms with Crippen molar-refractivity contribution in [3.8, 4) is 29.0 Å². The number of piperidine rings is 1. The van der Waals surface area contributed by atoms with Crippen LogP contribution < -0.4 is 20.1 Å². The summed E-state index contributed by atoms with van der Waals surface area (Å²) in [7, 11) is 0. The van der Waals surface area contributed by atoms with E-state index in [1.54, 1.807) is 30.5 Å². The van der Waals surface area contributed by atoms with Crippen molar-refractivity contribution < 1.29 is 23.8 Å². The fraction of sp³-hybridized carbons (Fsp3) is 0.360. The fourth-order valence-corrected chi connectivity index (χ4v) is 4.21. The van der Waals surface area contributed by atoms with Gasteiger partial charge in [-0.25, -0.2) is 19.3 Å². The molecule has 5 rings (SSSR count). The second kappa shape index (κ2) is 10.8. The summed E-state index contributed by atoms with van der Waals surface area (Å²) in [5, 5.41) is 25.4. The number of nitrogens with one attached hydrogen (secondary N) is 2. The molecule has 2 aromatic heterocycles. The molecule has 196 valence electrons. The van der Waals surface area contributed by atoms with Gasteiger partial charge >= 0.3 is 0 Å². The average molecular weight is 521 g/mol. The second-order valence-corrected chi connectivity index (χ2v) is 8.85. The van der Waals surface area contributed by atoms with E-state index < -0.39 is 24.3 Å². The fourth-order valence-electron chi connectivity index (χ4n) is 4.21. The number of halogens is 1. The Bertz CT molecular complexity index is 1380. The van der Waals surface area contributed by atoms with Crippen LogP contribution in [0.25, 0.3) is 11.4 Å². The van der Waals surface area contributed by atoms with Gasteiger partial charge in [0.1, 0.15) is 37.0 Å². The maximum absolute atomic E-state index is 14.8. The molecule has 1 saturated heterocycles. The van der Waals surface area contributed by atoms with Crippen LogP contribution in [0.4, 0.5) is 21.8 Å². The molecule has 0 spiro atoms. The lowest BCUT2D eigenvalue weighted by molar-refractivity contribution is -0.143. The minimum Gasteiger partial charge on any atom is -0.488 e. The van der Waals surface area contributed by atoms with E-state index in [2.05, 4.69) is 36.6 Å². The Balaban J connectivity index is 1.29. The number of nitrogens with zero attached hydrogens (tertiary/aromatic N) is 6. The molecule has 3 atom stereocenters. The maximum atomic E-state index is 14.8. The zero-order valence-corrected chi connectivity index (χ0v) is 20.5. The molecule has 3 N–H and O–H groups in total. The quantitative estimate of drug-likeness (QED) is 0.437. The number of aliphatic hydroxyl groups excluding tert-OH is 1. The lowest BCUT2D eigenvalue weighted by Crippen LogP contribution is -2.51. The molecule has 0 saturated carbocycles. The zero-order chi connectivity index (χ0) is 26.6. The minimum absolute atomic E-state index is 0.183. The Morgan fingerprint density at radius 1 is 1.37 bits per heavy atom. The van der Waals surface area contributed by atoms with E-state index in [1.807, 2.05) is 0 Å². The molecule has 0 radical (unpaired) electrons. The first kappa shape index (κ1) is 25.1. The smallest absolute Gasteiger partial charge is 0.251 e. The van der Waals surface area contributed by atoms with Crippen molar-refractivity contribution in [3.05, 3.63) is 42.4 Å². The summed E-state index contributed by atoms with van der Waals surface area (Å²) in [5.41, 5.74) is 1.37. The van der Waals surface area contributed by atoms with Gasteiger partial charge < -0.3 is 30.1 Å². The van der Waals surface area contributed by atoms with Crippen LogP contribution in [0.3, 0.4) is 0 Å². The summed E-state index contributed by atoms with van der Waals surface area (Å²) >= 11 is 0. The van der Waals surface area contributed by atoms with Crippen molar-refractivity contribution in [2.45, 2.75) is 31.7 Å². The number of pyridine rings is 1. The van der Waals surface area contributed by atoms with Crippen molar-refractivity contribution in [1.29, 1.82) is 5.26 Å². The van der Waals surface area contributed by atoms with Crippen molar-refractivity contribution in [1.82, 2.24) is 24.8 Å². The molecule has 2 aliphatic heterocycles. The van der Waals surface area contributed by atoms with Crippen molar-refractivity contribution >= 4 is 23.4 Å². The van der Waals surface area contributed by atoms with Crippen LogP contribution in [-0.4, -0.2) is 80.5 Å². The first-order valence-electron chi connectivity index (χ1n) is 12.1. The number of aliphatic hydroxyl groups is 1. The lowest BCUT2D eigenvalue weighted by Gasteiger charge is -2.35. The van der Waals surface area contributed by atoms with E-state index in [0.717, 1.165) is 0 Å². The van der Waals surface area contributed by atoms with E-state index in [4.69, 9.17) is 9.47 Å². The zero-order valence-electron chi connectivity index (χ0n) is 20.5. The Kier molecular flexibility index (Phi) is 7.14. The number of ether oxygens (including phenoxy) is 2. The third kappa shape index (κ3) is 5.40. The van der Waals surface area contributed by atoms with Crippen molar-refractivity contribution in [2.24, 2.45) is 0 Å². The number of alkyl halides is 1. The minimum atomic E-state index is -1.46. The Hall–Kier alpha value is -4.57. The highest BCUT2D eigenvalue weighted by Gasteiger charge is 2.34. The number of amides is 1. The molecular formula is C25H25FN8O4. The molecule has 0 aliphatic carbocycles. The summed E-state index contributed by atoms with van der Waals surface area (Å²) in [6.45, 7) is 2.65. The van der Waals surface area contributed by atoms with E-state index in [0.29, 0.717) is 41.8 Å². The van der Waals surface area contributed by atoms with E-state index in [9.17, 15) is 19.6 Å². The monoisotopic (exact) mass is 520 g/mol. The van der Waals surface area contributed by atoms with Crippen LogP contribution >= 0.6 is 0 Å². The molecule has 0 bridgehead atoms. The van der Waals surface area contributed by atoms with Crippen LogP contribution in [0.15, 0.2) is 36.8 Å². The summed E-state index contributed by atoms with van der Waals surface area (Å²) in [6.07, 6.45) is -0.275. The number of hydrogen-bond donors (Lipinski definition) is 3. The number of likely N-dealkylation sites (tertiary alicyclic amines) is 1. The number of hydrogen-bond acceptors (Lipinski definition) is 11. The molecule has 3 aromatic rings. The van der Waals surface area contributed by atoms with Crippen LogP contribution in [-0.2, 0) is 4.79 Å². The lowest BCUT2D eigenvalue weighted by atomic mass is 10.0. The topological polar surface area (TPSA) is 158 Å². The largest absolute Gasteiger partial charge is 0.488 e. The predicted octanol–water partition coefficient (Wildman–Crippen LogP) is 2.05. The van der Waals surface area contributed by atoms with Gasteiger partial charge in [-0.2, -0.15) is 10.2 Å². The Labute approximate surface area is 217 Å². The van der Waals surface area contributed by atoms with Gasteiger partial charge in [0.25, 0.3) is 5.91 Å². The van der Waals surface area contributed by atoms with Crippen molar-refractivity contribution in [3.63, 3.8) is 0 Å². The number of fused-ring (bicyclic) bond motifs is 1. The third-order valence-corrected chi connectivity index (χ3v) is 6.12. The van der Waals surface area contributed by atoms with Crippen LogP contribution in [0.1, 0.15) is 18.9 Å². The Morgan fingerprint density at radius 2 is 2.24 bits per heavy atom. The van der Waals surface area contributed by atoms with E-state index >= 15 is 0 Å². The van der Waals surface area contributed by atoms with Crippen LogP contribution in [0, 0.1) is 11.3 Å². The molecule has 4 heterocycles. The molecule has 0 unspecified atom stereocenters. The molecule has 1 fully saturated rings. The number of rotatable bonds is 6. The van der Waals surface area contributed by atoms with Gasteiger partial charge in [-0.3, -0.25) is 4.79 Å². The van der Waals surface area contributed by atoms with Gasteiger partial charge in [-0.05, 0) is 25.1 Å². The molecule has 38 heavy (non-hydrogen) atoms. The summed E-state index contributed by atoms with van der Waals surface area (Å²) in [6, 6.07) is 8.68. The molecule has 12 nitrogen and oxygen atoms in total. The molecule has 1 amide bonds. The summed E-state index contributed by atoms with van der Waals surface area (Å²) < 4.78 is 26.2. The highest BCUT2D eigenvalue weighted by atomic mass is 19.1. The number of nitriles is 1. The predicted molar refractivity (Wildman–Crippen MR) is 134 cm³/mol. The third-order valence-electron chi connectivity index (χ3n) is 6.12. The SMILES string of the molecule is C[C@H](O)C(=O)N1CC[C@H](Oc2ccc(-c3ncnc(Nc4cnc5c(c4)OCCN5)n3)cc2C#N)[C@@H](F)C1. The summed E-state index contributed by atoms with van der Waals surface area (Å²) in [4.78, 5) is 30.4. The molecule has 1 aromatic carbocycles. The van der Waals surface area contributed by atoms with Gasteiger partial charge in [-0.1, -0.05) is 0 Å². The first-order chi connectivity index (χ1) is 18.4. The molecular weight excluding hydrogens is 495 g/mol. The average Bonchev–Trinajstić information content (AvgIpc) is 2.94. The van der Waals surface area contributed by atoms with E-state index in [-0.39, 0.29) is 36.8 Å². The van der Waals surface area contributed by atoms with Gasteiger partial charge in [0.05, 0.1) is 30.5 Å². The van der Waals surface area contributed by atoms with Gasteiger partial charge in [0, 0.05) is 24.6 Å². The number of anilines is 3. The van der Waals surface area contributed by atoms with Crippen LogP contribution in [0.5, 0.6) is 11.5 Å². The van der Waals surface area contributed by atoms with Gasteiger partial charge in [0.2, 0.25) is 5.95 Å². The standard InChI is InChI=1S/C25H25FN8O4/c1-14(35)24(36)34-6-4-20(18(26)12-34)38-19-3-2-15(8-16(19)10-27)22-30-13-31-25(33-22)32-17-9-21-23(29-11-17)28-5-7-37-21/h2-3,8-9,11,13-14,18,20,35H,4-7,12H2,1H3,(H,28,29)(H,30,31,32,33)/t14-,18-,20-/m0/s1. The van der Waals surface area contributed by atoms with Gasteiger partial charge in [0.15, 0.2) is 23.6 Å². The van der Waals surface area contributed by atoms with Crippen molar-refractivity contribution in [2.75, 3.05) is 36.9 Å².